The standard InChI is InChI=1S/C25H28BrN5O6S.C2HF3O2/c1-14(27-3)24(33)28-23-15(2)31(22(32)13-38(4,35)36)20-8-6-5-7-19(20)30(25(23)34)12-18-17-10-9-16(26)11-21(17)37-29-18;3-2(4,5)1(6)7/h5-11,14-15,23,27H,12-13H2,1-4H3,(H,28,33);(H,6,7)/t14?,15-,23-;/m0./s1. The summed E-state index contributed by atoms with van der Waals surface area (Å²) >= 11 is 3.40. The number of carboxylic acids is 1. The SMILES string of the molecule is CNC(C)C(=O)N[C@@H]1C(=O)N(Cc2noc3cc(Br)ccc23)c2ccccc2N(C(=O)CS(C)(=O)=O)[C@H]1C.O=C(O)C(F)(F)F. The number of para-hydroxylation sites is 2. The molecule has 1 aliphatic heterocycles. The minimum Gasteiger partial charge on any atom is -0.475 e. The molecule has 0 bridgehead atoms. The van der Waals surface area contributed by atoms with Crippen molar-refractivity contribution < 1.29 is 50.4 Å². The lowest BCUT2D eigenvalue weighted by molar-refractivity contribution is -0.192. The minimum absolute atomic E-state index is 0.0146. The maximum absolute atomic E-state index is 14.1. The van der Waals surface area contributed by atoms with Gasteiger partial charge < -0.3 is 30.1 Å². The van der Waals surface area contributed by atoms with Gasteiger partial charge in [-0.2, -0.15) is 13.2 Å². The van der Waals surface area contributed by atoms with Gasteiger partial charge >= 0.3 is 12.1 Å². The van der Waals surface area contributed by atoms with E-state index in [0.29, 0.717) is 28.0 Å². The summed E-state index contributed by atoms with van der Waals surface area (Å²) in [6, 6.07) is 9.43. The first-order valence-electron chi connectivity index (χ1n) is 13.1. The van der Waals surface area contributed by atoms with Gasteiger partial charge in [0, 0.05) is 16.1 Å². The van der Waals surface area contributed by atoms with E-state index in [1.54, 1.807) is 51.2 Å². The number of aliphatic carboxylic acids is 1. The van der Waals surface area contributed by atoms with Crippen molar-refractivity contribution in [3.05, 3.63) is 52.6 Å². The number of hydrogen-bond donors (Lipinski definition) is 3. The lowest BCUT2D eigenvalue weighted by Crippen LogP contribution is -2.60. The highest BCUT2D eigenvalue weighted by Gasteiger charge is 2.43. The molecule has 244 valence electrons. The summed E-state index contributed by atoms with van der Waals surface area (Å²) in [5.74, 6) is -5.15. The molecule has 3 amide bonds. The molecule has 45 heavy (non-hydrogen) atoms. The van der Waals surface area contributed by atoms with Crippen molar-refractivity contribution in [2.45, 2.75) is 44.7 Å². The maximum Gasteiger partial charge on any atom is 0.490 e. The topological polar surface area (TPSA) is 179 Å². The van der Waals surface area contributed by atoms with Gasteiger partial charge in [-0.15, -0.1) is 0 Å². The molecule has 1 aliphatic rings. The van der Waals surface area contributed by atoms with Crippen LogP contribution in [0.4, 0.5) is 24.5 Å². The van der Waals surface area contributed by atoms with E-state index in [1.807, 2.05) is 12.1 Å². The van der Waals surface area contributed by atoms with Crippen LogP contribution in [0.1, 0.15) is 19.5 Å². The Kier molecular flexibility index (Phi) is 11.0. The molecule has 2 heterocycles. The van der Waals surface area contributed by atoms with Crippen LogP contribution in [0, 0.1) is 0 Å². The molecule has 0 aliphatic carbocycles. The van der Waals surface area contributed by atoms with Crippen LogP contribution < -0.4 is 20.4 Å². The number of likely N-dealkylation sites (N-methyl/N-ethyl adjacent to an activating group) is 1. The van der Waals surface area contributed by atoms with Crippen molar-refractivity contribution in [1.29, 1.82) is 0 Å². The molecule has 0 saturated carbocycles. The van der Waals surface area contributed by atoms with Crippen molar-refractivity contribution in [3.8, 4) is 0 Å². The van der Waals surface area contributed by atoms with Crippen LogP contribution in [-0.2, 0) is 35.6 Å². The van der Waals surface area contributed by atoms with Gasteiger partial charge in [0.25, 0.3) is 5.91 Å². The van der Waals surface area contributed by atoms with Crippen LogP contribution in [0.15, 0.2) is 51.5 Å². The van der Waals surface area contributed by atoms with Gasteiger partial charge in [-0.1, -0.05) is 33.2 Å². The molecule has 1 aromatic heterocycles. The maximum atomic E-state index is 14.1. The van der Waals surface area contributed by atoms with Crippen molar-refractivity contribution in [1.82, 2.24) is 15.8 Å². The first-order valence-corrected chi connectivity index (χ1v) is 15.9. The zero-order valence-corrected chi connectivity index (χ0v) is 26.7. The largest absolute Gasteiger partial charge is 0.490 e. The third-order valence-corrected chi connectivity index (χ3v) is 7.96. The number of benzene rings is 2. The zero-order valence-electron chi connectivity index (χ0n) is 24.3. The van der Waals surface area contributed by atoms with Crippen molar-refractivity contribution >= 4 is 71.8 Å². The lowest BCUT2D eigenvalue weighted by atomic mass is 10.1. The number of carbonyl (C=O) groups is 4. The lowest BCUT2D eigenvalue weighted by Gasteiger charge is -2.32. The second kappa shape index (κ2) is 13.9. The molecule has 18 heteroatoms. The highest BCUT2D eigenvalue weighted by molar-refractivity contribution is 9.10. The Morgan fingerprint density at radius 1 is 1.16 bits per heavy atom. The van der Waals surface area contributed by atoms with Crippen LogP contribution in [0.5, 0.6) is 0 Å². The van der Waals surface area contributed by atoms with E-state index in [0.717, 1.165) is 10.7 Å². The number of halogens is 4. The molecule has 3 N–H and O–H groups in total. The molecular formula is C27H29BrF3N5O8S. The summed E-state index contributed by atoms with van der Waals surface area (Å²) in [6.07, 6.45) is -4.11. The quantitative estimate of drug-likeness (QED) is 0.329. The minimum atomic E-state index is -5.08. The van der Waals surface area contributed by atoms with Gasteiger partial charge in [-0.3, -0.25) is 14.4 Å². The van der Waals surface area contributed by atoms with Crippen molar-refractivity contribution in [2.75, 3.05) is 28.9 Å². The number of nitrogens with zero attached hydrogens (tertiary/aromatic N) is 3. The number of carboxylic acid groups (broad SMARTS) is 1. The molecule has 0 saturated heterocycles. The number of fused-ring (bicyclic) bond motifs is 2. The smallest absolute Gasteiger partial charge is 0.475 e. The van der Waals surface area contributed by atoms with Crippen LogP contribution in [-0.4, -0.2) is 85.7 Å². The molecule has 13 nitrogen and oxygen atoms in total. The first-order chi connectivity index (χ1) is 20.9. The van der Waals surface area contributed by atoms with Gasteiger partial charge in [-0.05, 0) is 51.2 Å². The summed E-state index contributed by atoms with van der Waals surface area (Å²) in [5, 5.41) is 17.6. The average molecular weight is 721 g/mol. The molecular weight excluding hydrogens is 691 g/mol. The van der Waals surface area contributed by atoms with Crippen LogP contribution >= 0.6 is 15.9 Å². The van der Waals surface area contributed by atoms with Crippen molar-refractivity contribution in [2.24, 2.45) is 0 Å². The van der Waals surface area contributed by atoms with E-state index in [1.165, 1.54) is 9.80 Å². The normalized spacial score (nSPS) is 17.6. The number of anilines is 2. The number of carbonyl (C=O) groups excluding carboxylic acids is 3. The van der Waals surface area contributed by atoms with E-state index in [4.69, 9.17) is 14.4 Å². The Balaban J connectivity index is 0.000000707. The summed E-state index contributed by atoms with van der Waals surface area (Å²) < 4.78 is 62.1. The fraction of sp³-hybridized carbons (Fsp3) is 0.370. The Labute approximate surface area is 263 Å². The second-order valence-corrected chi connectivity index (χ2v) is 13.1. The van der Waals surface area contributed by atoms with Crippen LogP contribution in [0.25, 0.3) is 11.0 Å². The number of amides is 3. The van der Waals surface area contributed by atoms with Crippen molar-refractivity contribution in [3.63, 3.8) is 0 Å². The predicted molar refractivity (Wildman–Crippen MR) is 160 cm³/mol. The second-order valence-electron chi connectivity index (χ2n) is 10.1. The van der Waals surface area contributed by atoms with E-state index >= 15 is 0 Å². The van der Waals surface area contributed by atoms with E-state index in [-0.39, 0.29) is 6.54 Å². The molecule has 0 fully saturated rings. The molecule has 0 radical (unpaired) electrons. The monoisotopic (exact) mass is 719 g/mol. The number of alkyl halides is 3. The first kappa shape index (κ1) is 35.4. The highest BCUT2D eigenvalue weighted by Crippen LogP contribution is 2.37. The number of hydrogen-bond acceptors (Lipinski definition) is 9. The third kappa shape index (κ3) is 8.58. The van der Waals surface area contributed by atoms with Gasteiger partial charge in [0.2, 0.25) is 11.8 Å². The number of aromatic nitrogens is 1. The van der Waals surface area contributed by atoms with Crippen LogP contribution in [0.3, 0.4) is 0 Å². The van der Waals surface area contributed by atoms with Crippen LogP contribution in [0.2, 0.25) is 0 Å². The molecule has 3 aromatic rings. The van der Waals surface area contributed by atoms with Gasteiger partial charge in [0.15, 0.2) is 15.4 Å². The molecule has 3 atom stereocenters. The summed E-state index contributed by atoms with van der Waals surface area (Å²) in [6.45, 7) is 3.23. The summed E-state index contributed by atoms with van der Waals surface area (Å²) in [4.78, 5) is 52.0. The molecule has 4 rings (SSSR count). The van der Waals surface area contributed by atoms with E-state index < -0.39 is 63.6 Å². The van der Waals surface area contributed by atoms with Gasteiger partial charge in [0.1, 0.15) is 17.5 Å². The Bertz CT molecular complexity index is 1720. The molecule has 2 aromatic carbocycles. The molecule has 0 spiro atoms. The number of sulfone groups is 1. The Morgan fingerprint density at radius 3 is 2.31 bits per heavy atom. The number of rotatable bonds is 7. The fourth-order valence-electron chi connectivity index (χ4n) is 4.39. The summed E-state index contributed by atoms with van der Waals surface area (Å²) in [7, 11) is -2.07. The van der Waals surface area contributed by atoms with E-state index in [9.17, 15) is 36.0 Å². The highest BCUT2D eigenvalue weighted by atomic mass is 79.9. The van der Waals surface area contributed by atoms with Gasteiger partial charge in [0.05, 0.1) is 30.0 Å². The predicted octanol–water partition coefficient (Wildman–Crippen LogP) is 2.63. The molecule has 1 unspecified atom stereocenters. The third-order valence-electron chi connectivity index (χ3n) is 6.69. The Hall–Kier alpha value is -4.03. The van der Waals surface area contributed by atoms with Gasteiger partial charge in [-0.25, -0.2) is 13.2 Å². The summed E-state index contributed by atoms with van der Waals surface area (Å²) in [5.41, 5.74) is 1.72. The zero-order chi connectivity index (χ0) is 33.9. The Morgan fingerprint density at radius 2 is 1.76 bits per heavy atom. The average Bonchev–Trinajstić information content (AvgIpc) is 3.31. The fourth-order valence-corrected chi connectivity index (χ4v) is 5.32. The van der Waals surface area contributed by atoms with E-state index in [2.05, 4.69) is 31.7 Å². The number of nitrogens with one attached hydrogen (secondary N) is 2.